The summed E-state index contributed by atoms with van der Waals surface area (Å²) in [4.78, 5) is 29.2. The number of nitrogens with zero attached hydrogens (tertiary/aromatic N) is 2. The Balaban J connectivity index is 0.00000300. The lowest BCUT2D eigenvalue weighted by Crippen LogP contribution is -2.44. The third-order valence-corrected chi connectivity index (χ3v) is 5.78. The van der Waals surface area contributed by atoms with E-state index in [0.717, 1.165) is 37.9 Å². The van der Waals surface area contributed by atoms with E-state index in [4.69, 9.17) is 9.47 Å². The van der Waals surface area contributed by atoms with Crippen LogP contribution < -0.4 is 14.8 Å². The Morgan fingerprint density at radius 1 is 1.24 bits per heavy atom. The van der Waals surface area contributed by atoms with E-state index in [-0.39, 0.29) is 36.2 Å². The quantitative estimate of drug-likeness (QED) is 0.686. The lowest BCUT2D eigenvalue weighted by atomic mass is 10.1. The second kappa shape index (κ2) is 10.7. The van der Waals surface area contributed by atoms with Crippen molar-refractivity contribution in [1.82, 2.24) is 15.1 Å². The highest BCUT2D eigenvalue weighted by Crippen LogP contribution is 2.29. The molecule has 3 rings (SSSR count). The van der Waals surface area contributed by atoms with Crippen LogP contribution in [0.5, 0.6) is 11.5 Å². The van der Waals surface area contributed by atoms with E-state index in [1.54, 1.807) is 14.2 Å². The summed E-state index contributed by atoms with van der Waals surface area (Å²) in [5.74, 6) is 1.37. The third kappa shape index (κ3) is 5.34. The predicted octanol–water partition coefficient (Wildman–Crippen LogP) is 1.73. The number of carbonyl (C=O) groups is 2. The standard InChI is InChI=1S/C21H31N3O4.ClH/c1-22-13-17-5-4-9-24(17)21(26)16-12-20(25)23(14-16)10-8-15-6-7-18(27-2)19(11-15)28-3;/h6-7,11,16-17,22H,4-5,8-10,12-14H2,1-3H3;1H. The predicted molar refractivity (Wildman–Crippen MR) is 114 cm³/mol. The molecule has 2 aliphatic heterocycles. The van der Waals surface area contributed by atoms with Gasteiger partial charge in [-0.1, -0.05) is 6.07 Å². The van der Waals surface area contributed by atoms with Gasteiger partial charge in [0.05, 0.1) is 20.1 Å². The number of likely N-dealkylation sites (tertiary alicyclic amines) is 2. The van der Waals surface area contributed by atoms with Gasteiger partial charge in [-0.05, 0) is 44.0 Å². The molecule has 7 nitrogen and oxygen atoms in total. The van der Waals surface area contributed by atoms with Crippen LogP contribution in [-0.2, 0) is 16.0 Å². The Labute approximate surface area is 179 Å². The summed E-state index contributed by atoms with van der Waals surface area (Å²) < 4.78 is 10.6. The zero-order chi connectivity index (χ0) is 20.1. The smallest absolute Gasteiger partial charge is 0.228 e. The van der Waals surface area contributed by atoms with E-state index in [2.05, 4.69) is 5.32 Å². The molecular formula is C21H32ClN3O4. The molecule has 1 aromatic carbocycles. The maximum atomic E-state index is 12.9. The number of carbonyl (C=O) groups excluding carboxylic acids is 2. The first-order valence-corrected chi connectivity index (χ1v) is 10.0. The normalized spacial score (nSPS) is 21.3. The molecule has 0 spiro atoms. The number of ether oxygens (including phenoxy) is 2. The Kier molecular flexibility index (Phi) is 8.59. The number of nitrogens with one attached hydrogen (secondary N) is 1. The monoisotopic (exact) mass is 425 g/mol. The SMILES string of the molecule is CNCC1CCCN1C(=O)C1CC(=O)N(CCc2ccc(OC)c(OC)c2)C1.Cl. The van der Waals surface area contributed by atoms with Gasteiger partial charge in [0.15, 0.2) is 11.5 Å². The fourth-order valence-electron chi connectivity index (χ4n) is 4.26. The average molecular weight is 426 g/mol. The third-order valence-electron chi connectivity index (χ3n) is 5.78. The van der Waals surface area contributed by atoms with Crippen molar-refractivity contribution in [2.45, 2.75) is 31.7 Å². The number of hydrogen-bond donors (Lipinski definition) is 1. The largest absolute Gasteiger partial charge is 0.493 e. The molecule has 0 aromatic heterocycles. The second-order valence-corrected chi connectivity index (χ2v) is 7.57. The van der Waals surface area contributed by atoms with Crippen molar-refractivity contribution in [2.24, 2.45) is 5.92 Å². The van der Waals surface area contributed by atoms with Crippen molar-refractivity contribution < 1.29 is 19.1 Å². The Morgan fingerprint density at radius 2 is 2.00 bits per heavy atom. The first-order chi connectivity index (χ1) is 13.6. The van der Waals surface area contributed by atoms with Crippen molar-refractivity contribution in [3.8, 4) is 11.5 Å². The average Bonchev–Trinajstić information content (AvgIpc) is 3.32. The van der Waals surface area contributed by atoms with Crippen molar-refractivity contribution >= 4 is 24.2 Å². The molecule has 1 aromatic rings. The summed E-state index contributed by atoms with van der Waals surface area (Å²) in [5.41, 5.74) is 1.08. The minimum Gasteiger partial charge on any atom is -0.493 e. The van der Waals surface area contributed by atoms with Gasteiger partial charge < -0.3 is 24.6 Å². The summed E-state index contributed by atoms with van der Waals surface area (Å²) in [6.07, 6.45) is 3.13. The molecule has 29 heavy (non-hydrogen) atoms. The summed E-state index contributed by atoms with van der Waals surface area (Å²) in [7, 11) is 5.14. The molecule has 0 radical (unpaired) electrons. The maximum Gasteiger partial charge on any atom is 0.228 e. The zero-order valence-corrected chi connectivity index (χ0v) is 18.3. The summed E-state index contributed by atoms with van der Waals surface area (Å²) in [5, 5.41) is 3.17. The van der Waals surface area contributed by atoms with Crippen LogP contribution >= 0.6 is 12.4 Å². The molecule has 2 heterocycles. The molecule has 2 amide bonds. The highest BCUT2D eigenvalue weighted by molar-refractivity contribution is 5.89. The zero-order valence-electron chi connectivity index (χ0n) is 17.5. The van der Waals surface area contributed by atoms with E-state index in [1.807, 2.05) is 35.0 Å². The number of hydrogen-bond acceptors (Lipinski definition) is 5. The van der Waals surface area contributed by atoms with Crippen LogP contribution in [0.15, 0.2) is 18.2 Å². The van der Waals surface area contributed by atoms with Crippen molar-refractivity contribution in [3.63, 3.8) is 0 Å². The number of amides is 2. The minimum atomic E-state index is -0.213. The van der Waals surface area contributed by atoms with E-state index in [0.29, 0.717) is 31.0 Å². The van der Waals surface area contributed by atoms with Crippen LogP contribution in [0.25, 0.3) is 0 Å². The van der Waals surface area contributed by atoms with Gasteiger partial charge in [0.25, 0.3) is 0 Å². The molecule has 0 saturated carbocycles. The van der Waals surface area contributed by atoms with Gasteiger partial charge in [-0.3, -0.25) is 9.59 Å². The lowest BCUT2D eigenvalue weighted by Gasteiger charge is -2.27. The molecular weight excluding hydrogens is 394 g/mol. The fraction of sp³-hybridized carbons (Fsp3) is 0.619. The Hall–Kier alpha value is -1.99. The van der Waals surface area contributed by atoms with Crippen LogP contribution in [0.3, 0.4) is 0 Å². The van der Waals surface area contributed by atoms with E-state index in [1.165, 1.54) is 0 Å². The van der Waals surface area contributed by atoms with Crippen molar-refractivity contribution in [1.29, 1.82) is 0 Å². The highest BCUT2D eigenvalue weighted by atomic mass is 35.5. The Bertz CT molecular complexity index is 715. The fourth-order valence-corrected chi connectivity index (χ4v) is 4.26. The van der Waals surface area contributed by atoms with Crippen LogP contribution in [0.1, 0.15) is 24.8 Å². The van der Waals surface area contributed by atoms with Gasteiger partial charge in [0.2, 0.25) is 11.8 Å². The van der Waals surface area contributed by atoms with Gasteiger partial charge in [-0.25, -0.2) is 0 Å². The number of benzene rings is 1. The maximum absolute atomic E-state index is 12.9. The first kappa shape index (κ1) is 23.3. The molecule has 2 atom stereocenters. The number of likely N-dealkylation sites (N-methyl/N-ethyl adjacent to an activating group) is 1. The van der Waals surface area contributed by atoms with Gasteiger partial charge >= 0.3 is 0 Å². The van der Waals surface area contributed by atoms with Crippen molar-refractivity contribution in [3.05, 3.63) is 23.8 Å². The summed E-state index contributed by atoms with van der Waals surface area (Å²) in [6.45, 7) is 2.75. The van der Waals surface area contributed by atoms with Gasteiger partial charge in [0.1, 0.15) is 0 Å². The van der Waals surface area contributed by atoms with Gasteiger partial charge in [0, 0.05) is 38.6 Å². The molecule has 8 heteroatoms. The van der Waals surface area contributed by atoms with E-state index < -0.39 is 0 Å². The first-order valence-electron chi connectivity index (χ1n) is 10.0. The summed E-state index contributed by atoms with van der Waals surface area (Å²) >= 11 is 0. The topological polar surface area (TPSA) is 71.1 Å². The molecule has 2 aliphatic rings. The summed E-state index contributed by atoms with van der Waals surface area (Å²) in [6, 6.07) is 6.06. The van der Waals surface area contributed by atoms with Crippen LogP contribution in [-0.4, -0.2) is 75.1 Å². The molecule has 162 valence electrons. The van der Waals surface area contributed by atoms with E-state index in [9.17, 15) is 9.59 Å². The highest BCUT2D eigenvalue weighted by Gasteiger charge is 2.39. The van der Waals surface area contributed by atoms with Gasteiger partial charge in [-0.15, -0.1) is 12.4 Å². The molecule has 0 aliphatic carbocycles. The molecule has 2 fully saturated rings. The second-order valence-electron chi connectivity index (χ2n) is 7.57. The molecule has 0 bridgehead atoms. The number of methoxy groups -OCH3 is 2. The molecule has 2 saturated heterocycles. The Morgan fingerprint density at radius 3 is 2.69 bits per heavy atom. The van der Waals surface area contributed by atoms with Crippen LogP contribution in [0, 0.1) is 5.92 Å². The lowest BCUT2D eigenvalue weighted by molar-refractivity contribution is -0.136. The molecule has 2 unspecified atom stereocenters. The van der Waals surface area contributed by atoms with Crippen LogP contribution in [0.4, 0.5) is 0 Å². The van der Waals surface area contributed by atoms with E-state index >= 15 is 0 Å². The molecule has 1 N–H and O–H groups in total. The van der Waals surface area contributed by atoms with Crippen molar-refractivity contribution in [2.75, 3.05) is 47.4 Å². The number of rotatable bonds is 8. The number of halogens is 1. The van der Waals surface area contributed by atoms with Gasteiger partial charge in [-0.2, -0.15) is 0 Å². The van der Waals surface area contributed by atoms with Crippen LogP contribution in [0.2, 0.25) is 0 Å². The minimum absolute atomic E-state index is 0.